The maximum absolute atomic E-state index is 4.59. The molecule has 1 heterocycles. The smallest absolute Gasteiger partial charge is 0.161 e. The van der Waals surface area contributed by atoms with Gasteiger partial charge in [-0.2, -0.15) is 0 Å². The molecule has 0 saturated heterocycles. The molecule has 0 amide bonds. The van der Waals surface area contributed by atoms with Gasteiger partial charge in [0, 0.05) is 18.3 Å². The molecule has 0 fully saturated rings. The van der Waals surface area contributed by atoms with Crippen LogP contribution >= 0.6 is 22.6 Å². The standard InChI is InChI=1S/C14H16IN3/c1-3-7-16-14-12(15)9-17-13(18-14)11-6-4-5-10(2)8-11/h4-6,8-9H,3,7H2,1-2H3,(H,16,17,18). The highest BCUT2D eigenvalue weighted by Gasteiger charge is 2.06. The molecule has 0 unspecified atom stereocenters. The fourth-order valence-corrected chi connectivity index (χ4v) is 2.11. The number of benzene rings is 1. The minimum atomic E-state index is 0.776. The first-order chi connectivity index (χ1) is 8.70. The Kier molecular flexibility index (Phi) is 4.52. The van der Waals surface area contributed by atoms with Crippen molar-refractivity contribution in [3.8, 4) is 11.4 Å². The number of anilines is 1. The Bertz CT molecular complexity index is 540. The zero-order valence-electron chi connectivity index (χ0n) is 10.6. The van der Waals surface area contributed by atoms with E-state index < -0.39 is 0 Å². The van der Waals surface area contributed by atoms with Crippen molar-refractivity contribution in [2.45, 2.75) is 20.3 Å². The van der Waals surface area contributed by atoms with Gasteiger partial charge < -0.3 is 5.32 Å². The van der Waals surface area contributed by atoms with E-state index in [1.54, 1.807) is 0 Å². The minimum Gasteiger partial charge on any atom is -0.369 e. The summed E-state index contributed by atoms with van der Waals surface area (Å²) in [6, 6.07) is 8.25. The van der Waals surface area contributed by atoms with Crippen molar-refractivity contribution < 1.29 is 0 Å². The highest BCUT2D eigenvalue weighted by Crippen LogP contribution is 2.21. The molecular formula is C14H16IN3. The van der Waals surface area contributed by atoms with Crippen LogP contribution in [-0.4, -0.2) is 16.5 Å². The number of rotatable bonds is 4. The number of nitrogens with one attached hydrogen (secondary N) is 1. The van der Waals surface area contributed by atoms with Crippen molar-refractivity contribution in [3.05, 3.63) is 39.6 Å². The summed E-state index contributed by atoms with van der Waals surface area (Å²) >= 11 is 2.26. The summed E-state index contributed by atoms with van der Waals surface area (Å²) in [7, 11) is 0. The Hall–Kier alpha value is -1.17. The van der Waals surface area contributed by atoms with Gasteiger partial charge in [-0.15, -0.1) is 0 Å². The largest absolute Gasteiger partial charge is 0.369 e. The first-order valence-corrected chi connectivity index (χ1v) is 7.12. The predicted octanol–water partition coefficient (Wildman–Crippen LogP) is 3.88. The number of aromatic nitrogens is 2. The lowest BCUT2D eigenvalue weighted by Gasteiger charge is -2.08. The third-order valence-corrected chi connectivity index (χ3v) is 3.35. The van der Waals surface area contributed by atoms with Crippen LogP contribution in [0.15, 0.2) is 30.5 Å². The maximum Gasteiger partial charge on any atom is 0.161 e. The number of aryl methyl sites for hydroxylation is 1. The average molecular weight is 353 g/mol. The van der Waals surface area contributed by atoms with E-state index in [1.165, 1.54) is 5.56 Å². The van der Waals surface area contributed by atoms with Gasteiger partial charge in [0.05, 0.1) is 3.57 Å². The SMILES string of the molecule is CCCNc1nc(-c2cccc(C)c2)ncc1I. The Morgan fingerprint density at radius 2 is 2.17 bits per heavy atom. The fraction of sp³-hybridized carbons (Fsp3) is 0.286. The van der Waals surface area contributed by atoms with Crippen LogP contribution in [0.2, 0.25) is 0 Å². The van der Waals surface area contributed by atoms with Gasteiger partial charge in [0.1, 0.15) is 5.82 Å². The monoisotopic (exact) mass is 353 g/mol. The Morgan fingerprint density at radius 1 is 1.33 bits per heavy atom. The lowest BCUT2D eigenvalue weighted by atomic mass is 10.1. The molecule has 4 heteroatoms. The molecule has 0 saturated carbocycles. The van der Waals surface area contributed by atoms with Gasteiger partial charge in [0.2, 0.25) is 0 Å². The van der Waals surface area contributed by atoms with Crippen molar-refractivity contribution in [1.82, 2.24) is 9.97 Å². The van der Waals surface area contributed by atoms with Crippen molar-refractivity contribution in [3.63, 3.8) is 0 Å². The lowest BCUT2D eigenvalue weighted by molar-refractivity contribution is 0.963. The van der Waals surface area contributed by atoms with E-state index in [9.17, 15) is 0 Å². The topological polar surface area (TPSA) is 37.8 Å². The van der Waals surface area contributed by atoms with Gasteiger partial charge in [0.15, 0.2) is 5.82 Å². The summed E-state index contributed by atoms with van der Waals surface area (Å²) in [6.07, 6.45) is 2.95. The van der Waals surface area contributed by atoms with Gasteiger partial charge in [-0.1, -0.05) is 30.7 Å². The Labute approximate surface area is 121 Å². The van der Waals surface area contributed by atoms with Crippen LogP contribution in [0.5, 0.6) is 0 Å². The van der Waals surface area contributed by atoms with E-state index in [0.717, 1.165) is 33.7 Å². The molecule has 1 N–H and O–H groups in total. The summed E-state index contributed by atoms with van der Waals surface area (Å²) in [5.41, 5.74) is 2.28. The molecular weight excluding hydrogens is 337 g/mol. The van der Waals surface area contributed by atoms with Crippen molar-refractivity contribution in [2.75, 3.05) is 11.9 Å². The minimum absolute atomic E-state index is 0.776. The van der Waals surface area contributed by atoms with Crippen LogP contribution in [0.25, 0.3) is 11.4 Å². The summed E-state index contributed by atoms with van der Waals surface area (Å²) in [4.78, 5) is 8.99. The summed E-state index contributed by atoms with van der Waals surface area (Å²) < 4.78 is 1.05. The zero-order valence-corrected chi connectivity index (χ0v) is 12.7. The Balaban J connectivity index is 2.34. The number of hydrogen-bond acceptors (Lipinski definition) is 3. The molecule has 0 aliphatic rings. The van der Waals surface area contributed by atoms with Crippen LogP contribution in [0.3, 0.4) is 0 Å². The molecule has 0 bridgehead atoms. The average Bonchev–Trinajstić information content (AvgIpc) is 2.38. The van der Waals surface area contributed by atoms with E-state index in [-0.39, 0.29) is 0 Å². The van der Waals surface area contributed by atoms with Crippen LogP contribution in [0, 0.1) is 10.5 Å². The van der Waals surface area contributed by atoms with Crippen molar-refractivity contribution in [1.29, 1.82) is 0 Å². The molecule has 2 rings (SSSR count). The highest BCUT2D eigenvalue weighted by molar-refractivity contribution is 14.1. The third-order valence-electron chi connectivity index (χ3n) is 2.56. The molecule has 94 valence electrons. The molecule has 0 radical (unpaired) electrons. The van der Waals surface area contributed by atoms with Crippen LogP contribution < -0.4 is 5.32 Å². The van der Waals surface area contributed by atoms with Crippen molar-refractivity contribution >= 4 is 28.4 Å². The number of nitrogens with zero attached hydrogens (tertiary/aromatic N) is 2. The summed E-state index contributed by atoms with van der Waals surface area (Å²) in [6.45, 7) is 5.15. The van der Waals surface area contributed by atoms with Gasteiger partial charge >= 0.3 is 0 Å². The quantitative estimate of drug-likeness (QED) is 0.848. The van der Waals surface area contributed by atoms with Gasteiger partial charge in [-0.25, -0.2) is 9.97 Å². The molecule has 0 atom stereocenters. The van der Waals surface area contributed by atoms with E-state index >= 15 is 0 Å². The maximum atomic E-state index is 4.59. The first kappa shape index (κ1) is 13.3. The van der Waals surface area contributed by atoms with E-state index in [0.29, 0.717) is 0 Å². The molecule has 18 heavy (non-hydrogen) atoms. The van der Waals surface area contributed by atoms with E-state index in [1.807, 2.05) is 18.3 Å². The molecule has 0 aliphatic carbocycles. The van der Waals surface area contributed by atoms with Crippen LogP contribution in [0.1, 0.15) is 18.9 Å². The molecule has 1 aromatic carbocycles. The van der Waals surface area contributed by atoms with Gasteiger partial charge in [-0.3, -0.25) is 0 Å². The summed E-state index contributed by atoms with van der Waals surface area (Å²) in [5, 5.41) is 3.33. The van der Waals surface area contributed by atoms with Gasteiger partial charge in [-0.05, 0) is 42.0 Å². The molecule has 2 aromatic rings. The first-order valence-electron chi connectivity index (χ1n) is 6.04. The van der Waals surface area contributed by atoms with Crippen LogP contribution in [-0.2, 0) is 0 Å². The lowest BCUT2D eigenvalue weighted by Crippen LogP contribution is -2.05. The highest BCUT2D eigenvalue weighted by atomic mass is 127. The van der Waals surface area contributed by atoms with Crippen molar-refractivity contribution in [2.24, 2.45) is 0 Å². The van der Waals surface area contributed by atoms with E-state index in [4.69, 9.17) is 0 Å². The Morgan fingerprint density at radius 3 is 2.89 bits per heavy atom. The molecule has 3 nitrogen and oxygen atoms in total. The zero-order chi connectivity index (χ0) is 13.0. The normalized spacial score (nSPS) is 10.4. The predicted molar refractivity (Wildman–Crippen MR) is 83.7 cm³/mol. The summed E-state index contributed by atoms with van der Waals surface area (Å²) in [5.74, 6) is 1.70. The fourth-order valence-electron chi connectivity index (χ4n) is 1.66. The second-order valence-corrected chi connectivity index (χ2v) is 5.35. The van der Waals surface area contributed by atoms with E-state index in [2.05, 4.69) is 63.9 Å². The molecule has 0 aliphatic heterocycles. The van der Waals surface area contributed by atoms with Crippen LogP contribution in [0.4, 0.5) is 5.82 Å². The molecule has 1 aromatic heterocycles. The van der Waals surface area contributed by atoms with Gasteiger partial charge in [0.25, 0.3) is 0 Å². The number of hydrogen-bond donors (Lipinski definition) is 1. The second-order valence-electron chi connectivity index (χ2n) is 4.19. The second kappa shape index (κ2) is 6.13. The third kappa shape index (κ3) is 3.19. The number of halogens is 1. The molecule has 0 spiro atoms.